The largest absolute Gasteiger partial charge is 0.334 e. The van der Waals surface area contributed by atoms with Crippen molar-refractivity contribution in [2.24, 2.45) is 0 Å². The summed E-state index contributed by atoms with van der Waals surface area (Å²) >= 11 is 0. The molecule has 1 aromatic heterocycles. The van der Waals surface area contributed by atoms with Crippen molar-refractivity contribution in [2.75, 3.05) is 13.6 Å². The van der Waals surface area contributed by atoms with Gasteiger partial charge in [0.1, 0.15) is 0 Å². The van der Waals surface area contributed by atoms with Gasteiger partial charge < -0.3 is 9.84 Å². The van der Waals surface area contributed by atoms with Crippen molar-refractivity contribution in [3.63, 3.8) is 0 Å². The summed E-state index contributed by atoms with van der Waals surface area (Å²) in [4.78, 5) is 4.48. The highest BCUT2D eigenvalue weighted by molar-refractivity contribution is 7.89. The second-order valence-electron chi connectivity index (χ2n) is 4.94. The SMILES string of the molecule is CCNS(=O)(=O)c1cccc(-c2nc(CC(C)NC)no2)c1.Cl. The molecule has 7 nitrogen and oxygen atoms in total. The molecule has 9 heteroatoms. The summed E-state index contributed by atoms with van der Waals surface area (Å²) in [6.07, 6.45) is 0.634. The smallest absolute Gasteiger partial charge is 0.257 e. The Balaban J connectivity index is 0.00000264. The van der Waals surface area contributed by atoms with Crippen molar-refractivity contribution in [1.29, 1.82) is 0 Å². The maximum atomic E-state index is 12.0. The zero-order chi connectivity index (χ0) is 16.2. The molecular formula is C14H21ClN4O3S. The van der Waals surface area contributed by atoms with Crippen molar-refractivity contribution < 1.29 is 12.9 Å². The zero-order valence-electron chi connectivity index (χ0n) is 13.2. The van der Waals surface area contributed by atoms with Crippen LogP contribution in [0.3, 0.4) is 0 Å². The molecule has 0 bridgehead atoms. The van der Waals surface area contributed by atoms with Gasteiger partial charge in [-0.15, -0.1) is 12.4 Å². The Labute approximate surface area is 142 Å². The number of hydrogen-bond acceptors (Lipinski definition) is 6. The van der Waals surface area contributed by atoms with Gasteiger partial charge in [-0.05, 0) is 32.2 Å². The number of halogens is 1. The zero-order valence-corrected chi connectivity index (χ0v) is 14.9. The third kappa shape index (κ3) is 5.00. The van der Waals surface area contributed by atoms with Crippen LogP contribution in [-0.4, -0.2) is 38.2 Å². The van der Waals surface area contributed by atoms with E-state index in [2.05, 4.69) is 20.2 Å². The van der Waals surface area contributed by atoms with Gasteiger partial charge in [0.25, 0.3) is 5.89 Å². The molecule has 0 radical (unpaired) electrons. The molecule has 0 aliphatic carbocycles. The Morgan fingerprint density at radius 3 is 2.74 bits per heavy atom. The molecule has 0 aliphatic rings. The quantitative estimate of drug-likeness (QED) is 0.778. The van der Waals surface area contributed by atoms with Gasteiger partial charge in [-0.2, -0.15) is 4.98 Å². The standard InChI is InChI=1S/C14H20N4O3S.ClH/c1-4-16-22(19,20)12-7-5-6-11(9-12)14-17-13(18-21-14)8-10(2)15-3;/h5-7,9-10,15-16H,4,8H2,1-3H3;1H. The van der Waals surface area contributed by atoms with E-state index in [9.17, 15) is 8.42 Å². The highest BCUT2D eigenvalue weighted by Crippen LogP contribution is 2.21. The van der Waals surface area contributed by atoms with Crippen LogP contribution < -0.4 is 10.0 Å². The van der Waals surface area contributed by atoms with E-state index in [0.717, 1.165) is 0 Å². The van der Waals surface area contributed by atoms with Crippen LogP contribution in [0.1, 0.15) is 19.7 Å². The molecule has 2 rings (SSSR count). The first-order valence-corrected chi connectivity index (χ1v) is 8.54. The Hall–Kier alpha value is -1.48. The lowest BCUT2D eigenvalue weighted by Gasteiger charge is -2.05. The minimum Gasteiger partial charge on any atom is -0.334 e. The van der Waals surface area contributed by atoms with Gasteiger partial charge in [0, 0.05) is 24.6 Å². The van der Waals surface area contributed by atoms with Gasteiger partial charge in [-0.3, -0.25) is 0 Å². The number of nitrogens with zero attached hydrogens (tertiary/aromatic N) is 2. The Morgan fingerprint density at radius 2 is 2.09 bits per heavy atom. The number of likely N-dealkylation sites (N-methyl/N-ethyl adjacent to an activating group) is 1. The number of sulfonamides is 1. The van der Waals surface area contributed by atoms with Crippen LogP contribution in [0.25, 0.3) is 11.5 Å². The third-order valence-electron chi connectivity index (χ3n) is 3.18. The molecule has 0 saturated heterocycles. The number of hydrogen-bond donors (Lipinski definition) is 2. The van der Waals surface area contributed by atoms with Gasteiger partial charge >= 0.3 is 0 Å². The lowest BCUT2D eigenvalue weighted by molar-refractivity contribution is 0.418. The van der Waals surface area contributed by atoms with Crippen LogP contribution in [-0.2, 0) is 16.4 Å². The number of benzene rings is 1. The molecule has 1 heterocycles. The van der Waals surface area contributed by atoms with E-state index in [0.29, 0.717) is 30.2 Å². The summed E-state index contributed by atoms with van der Waals surface area (Å²) in [5, 5.41) is 7.01. The van der Waals surface area contributed by atoms with E-state index in [1.54, 1.807) is 19.1 Å². The van der Waals surface area contributed by atoms with Gasteiger partial charge in [-0.25, -0.2) is 13.1 Å². The topological polar surface area (TPSA) is 97.1 Å². The Bertz CT molecular complexity index is 733. The Kier molecular flexibility index (Phi) is 7.14. The van der Waals surface area contributed by atoms with E-state index < -0.39 is 10.0 Å². The van der Waals surface area contributed by atoms with Crippen molar-refractivity contribution in [3.05, 3.63) is 30.1 Å². The summed E-state index contributed by atoms with van der Waals surface area (Å²) in [5.74, 6) is 0.892. The fraction of sp³-hybridized carbons (Fsp3) is 0.429. The predicted octanol–water partition coefficient (Wildman–Crippen LogP) is 1.61. The average molecular weight is 361 g/mol. The number of aromatic nitrogens is 2. The lowest BCUT2D eigenvalue weighted by Crippen LogP contribution is -2.24. The van der Waals surface area contributed by atoms with Gasteiger partial charge in [0.15, 0.2) is 5.82 Å². The molecule has 1 aromatic carbocycles. The molecular weight excluding hydrogens is 340 g/mol. The van der Waals surface area contributed by atoms with Crippen LogP contribution in [0, 0.1) is 0 Å². The van der Waals surface area contributed by atoms with Crippen LogP contribution in [0.4, 0.5) is 0 Å². The Morgan fingerprint density at radius 1 is 1.35 bits per heavy atom. The predicted molar refractivity (Wildman–Crippen MR) is 90.1 cm³/mol. The molecule has 23 heavy (non-hydrogen) atoms. The van der Waals surface area contributed by atoms with Gasteiger partial charge in [-0.1, -0.05) is 18.1 Å². The molecule has 0 amide bonds. The first kappa shape index (κ1) is 19.6. The summed E-state index contributed by atoms with van der Waals surface area (Å²) in [7, 11) is -1.65. The first-order chi connectivity index (χ1) is 10.5. The van der Waals surface area contributed by atoms with Crippen molar-refractivity contribution in [1.82, 2.24) is 20.2 Å². The average Bonchev–Trinajstić information content (AvgIpc) is 2.95. The van der Waals surface area contributed by atoms with Crippen molar-refractivity contribution in [3.8, 4) is 11.5 Å². The molecule has 128 valence electrons. The minimum absolute atomic E-state index is 0. The molecule has 1 atom stereocenters. The first-order valence-electron chi connectivity index (χ1n) is 7.06. The second kappa shape index (κ2) is 8.39. The second-order valence-corrected chi connectivity index (χ2v) is 6.71. The fourth-order valence-corrected chi connectivity index (χ4v) is 2.99. The molecule has 2 N–H and O–H groups in total. The molecule has 0 fully saturated rings. The van der Waals surface area contributed by atoms with Gasteiger partial charge in [0.2, 0.25) is 10.0 Å². The van der Waals surface area contributed by atoms with E-state index in [1.807, 2.05) is 14.0 Å². The summed E-state index contributed by atoms with van der Waals surface area (Å²) in [5.41, 5.74) is 0.579. The van der Waals surface area contributed by atoms with E-state index in [4.69, 9.17) is 4.52 Å². The molecule has 1 unspecified atom stereocenters. The van der Waals surface area contributed by atoms with Crippen LogP contribution in [0.15, 0.2) is 33.7 Å². The fourth-order valence-electron chi connectivity index (χ4n) is 1.90. The summed E-state index contributed by atoms with van der Waals surface area (Å²) < 4.78 is 31.7. The normalized spacial score (nSPS) is 12.7. The summed E-state index contributed by atoms with van der Waals surface area (Å²) in [6.45, 7) is 4.08. The summed E-state index contributed by atoms with van der Waals surface area (Å²) in [6, 6.07) is 6.67. The van der Waals surface area contributed by atoms with Crippen LogP contribution >= 0.6 is 12.4 Å². The maximum absolute atomic E-state index is 12.0. The van der Waals surface area contributed by atoms with Crippen LogP contribution in [0.2, 0.25) is 0 Å². The number of rotatable bonds is 7. The minimum atomic E-state index is -3.51. The van der Waals surface area contributed by atoms with Crippen LogP contribution in [0.5, 0.6) is 0 Å². The third-order valence-corrected chi connectivity index (χ3v) is 4.72. The van der Waals surface area contributed by atoms with Crippen molar-refractivity contribution >= 4 is 22.4 Å². The van der Waals surface area contributed by atoms with E-state index >= 15 is 0 Å². The monoisotopic (exact) mass is 360 g/mol. The highest BCUT2D eigenvalue weighted by atomic mass is 35.5. The molecule has 2 aromatic rings. The highest BCUT2D eigenvalue weighted by Gasteiger charge is 2.16. The number of nitrogens with one attached hydrogen (secondary N) is 2. The molecule has 0 saturated carbocycles. The van der Waals surface area contributed by atoms with Gasteiger partial charge in [0.05, 0.1) is 4.90 Å². The maximum Gasteiger partial charge on any atom is 0.257 e. The van der Waals surface area contributed by atoms with E-state index in [-0.39, 0.29) is 23.3 Å². The molecule has 0 aliphatic heterocycles. The van der Waals surface area contributed by atoms with E-state index in [1.165, 1.54) is 12.1 Å². The lowest BCUT2D eigenvalue weighted by atomic mass is 10.2. The molecule has 0 spiro atoms. The van der Waals surface area contributed by atoms with Crippen molar-refractivity contribution in [2.45, 2.75) is 31.2 Å².